The molecule has 3 saturated heterocycles. The Hall–Kier alpha value is -2.51. The Bertz CT molecular complexity index is 1560. The average molecular weight is 1030 g/mol. The minimum atomic E-state index is -1.98. The Morgan fingerprint density at radius 3 is 1.49 bits per heavy atom. The summed E-state index contributed by atoms with van der Waals surface area (Å²) in [7, 11) is 0. The Kier molecular flexibility index (Phi) is 33.0. The summed E-state index contributed by atoms with van der Waals surface area (Å²) in [5, 5.41) is 120. The zero-order chi connectivity index (χ0) is 52.7. The van der Waals surface area contributed by atoms with E-state index in [0.29, 0.717) is 19.3 Å². The van der Waals surface area contributed by atoms with Gasteiger partial charge in [0, 0.05) is 6.42 Å². The Labute approximate surface area is 426 Å². The third-order valence-corrected chi connectivity index (χ3v) is 13.1. The van der Waals surface area contributed by atoms with Gasteiger partial charge in [-0.3, -0.25) is 4.79 Å². The van der Waals surface area contributed by atoms with Gasteiger partial charge in [-0.25, -0.2) is 0 Å². The van der Waals surface area contributed by atoms with Crippen LogP contribution in [0.25, 0.3) is 0 Å². The number of unbranched alkanes of at least 4 members (excludes halogenated alkanes) is 10. The Balaban J connectivity index is 1.52. The van der Waals surface area contributed by atoms with Gasteiger partial charge in [0.1, 0.15) is 73.2 Å². The highest BCUT2D eigenvalue weighted by Gasteiger charge is 2.53. The number of aliphatic hydroxyl groups excluding tert-OH is 11. The van der Waals surface area contributed by atoms with Crippen molar-refractivity contribution in [1.82, 2.24) is 5.32 Å². The average Bonchev–Trinajstić information content (AvgIpc) is 3.37. The van der Waals surface area contributed by atoms with Crippen molar-refractivity contribution in [2.75, 3.05) is 26.4 Å². The number of carbonyl (C=O) groups excluding carboxylic acids is 1. The topological polar surface area (TPSA) is 307 Å². The summed E-state index contributed by atoms with van der Waals surface area (Å²) in [6.07, 6.45) is 12.0. The van der Waals surface area contributed by atoms with Crippen molar-refractivity contribution >= 4 is 5.91 Å². The molecule has 0 radical (unpaired) electrons. The van der Waals surface area contributed by atoms with Crippen molar-refractivity contribution in [3.8, 4) is 0 Å². The quantitative estimate of drug-likeness (QED) is 0.0317. The standard InChI is InChI=1S/C53H91NO18/c1-3-5-7-9-11-13-14-15-16-17-18-19-20-21-22-23-25-27-29-31-41(59)54-36(37(58)30-28-26-24-12-10-8-6-4-2)35-67-51-47(65)44(62)49(39(33-56)69-51)72-53-48(66)45(63)50(40(34-57)70-53)71-52-46(64)43(61)42(60)38(32-55)68-52/h5,7,11,13,15-16,18-19,21-22,36-40,42-53,55-58,60-66H,3-4,6,8-10,12,14,17,20,23-35H2,1-2H3,(H,54,59)/b7-5-,13-11-,16-15-,19-18-,22-21-. The number of allylic oxidation sites excluding steroid dienone is 10. The van der Waals surface area contributed by atoms with Gasteiger partial charge in [-0.1, -0.05) is 132 Å². The molecule has 0 spiro atoms. The van der Waals surface area contributed by atoms with Gasteiger partial charge in [0.25, 0.3) is 0 Å². The maximum Gasteiger partial charge on any atom is 0.220 e. The second-order valence-corrected chi connectivity index (χ2v) is 19.0. The molecule has 17 unspecified atom stereocenters. The molecule has 19 nitrogen and oxygen atoms in total. The zero-order valence-corrected chi connectivity index (χ0v) is 42.6. The highest BCUT2D eigenvalue weighted by atomic mass is 16.8. The molecule has 3 heterocycles. The van der Waals surface area contributed by atoms with Crippen molar-refractivity contribution in [2.45, 2.75) is 240 Å². The third kappa shape index (κ3) is 22.4. The Morgan fingerprint density at radius 2 is 0.958 bits per heavy atom. The van der Waals surface area contributed by atoms with E-state index in [9.17, 15) is 61.0 Å². The van der Waals surface area contributed by atoms with Gasteiger partial charge in [0.2, 0.25) is 5.91 Å². The second-order valence-electron chi connectivity index (χ2n) is 19.0. The fraction of sp³-hybridized carbons (Fsp3) is 0.792. The van der Waals surface area contributed by atoms with E-state index in [-0.39, 0.29) is 18.9 Å². The summed E-state index contributed by atoms with van der Waals surface area (Å²) in [5.74, 6) is -0.282. The van der Waals surface area contributed by atoms with E-state index in [2.05, 4.69) is 79.9 Å². The lowest BCUT2D eigenvalue weighted by Crippen LogP contribution is -2.66. The predicted octanol–water partition coefficient (Wildman–Crippen LogP) is 2.53. The summed E-state index contributed by atoms with van der Waals surface area (Å²) in [6.45, 7) is 1.56. The summed E-state index contributed by atoms with van der Waals surface area (Å²) in [4.78, 5) is 13.2. The molecule has 17 atom stereocenters. The van der Waals surface area contributed by atoms with Crippen LogP contribution in [-0.2, 0) is 33.2 Å². The van der Waals surface area contributed by atoms with E-state index in [1.54, 1.807) is 0 Å². The van der Waals surface area contributed by atoms with Crippen molar-refractivity contribution in [3.63, 3.8) is 0 Å². The van der Waals surface area contributed by atoms with E-state index in [4.69, 9.17) is 28.4 Å². The molecule has 3 aliphatic rings. The highest BCUT2D eigenvalue weighted by molar-refractivity contribution is 5.76. The van der Waals surface area contributed by atoms with Crippen LogP contribution in [0, 0.1) is 0 Å². The van der Waals surface area contributed by atoms with Gasteiger partial charge >= 0.3 is 0 Å². The lowest BCUT2D eigenvalue weighted by molar-refractivity contribution is -0.379. The summed E-state index contributed by atoms with van der Waals surface area (Å²) < 4.78 is 34.1. The normalized spacial score (nSPS) is 32.5. The molecule has 416 valence electrons. The minimum absolute atomic E-state index is 0.223. The maximum atomic E-state index is 13.2. The maximum absolute atomic E-state index is 13.2. The molecule has 12 N–H and O–H groups in total. The van der Waals surface area contributed by atoms with Crippen molar-refractivity contribution in [3.05, 3.63) is 60.8 Å². The molecular weight excluding hydrogens is 939 g/mol. The van der Waals surface area contributed by atoms with Gasteiger partial charge in [-0.15, -0.1) is 0 Å². The predicted molar refractivity (Wildman–Crippen MR) is 268 cm³/mol. The molecule has 0 saturated carbocycles. The molecule has 72 heavy (non-hydrogen) atoms. The fourth-order valence-corrected chi connectivity index (χ4v) is 8.69. The van der Waals surface area contributed by atoms with Crippen molar-refractivity contribution in [1.29, 1.82) is 0 Å². The minimum Gasteiger partial charge on any atom is -0.394 e. The van der Waals surface area contributed by atoms with Crippen LogP contribution in [0.1, 0.15) is 136 Å². The first-order valence-electron chi connectivity index (χ1n) is 26.5. The SMILES string of the molecule is CC/C=C\C/C=C\C/C=C\C/C=C\C/C=C\CCCCCC(=O)NC(COC1OC(CO)C(OC2OC(CO)C(OC3OC(CO)C(O)C(O)C3O)C(O)C2O)C(O)C1O)C(O)CCCCCCCCCC. The van der Waals surface area contributed by atoms with Crippen LogP contribution < -0.4 is 5.32 Å². The van der Waals surface area contributed by atoms with E-state index in [1.165, 1.54) is 12.8 Å². The molecule has 0 bridgehead atoms. The van der Waals surface area contributed by atoms with Gasteiger partial charge < -0.3 is 89.9 Å². The number of ether oxygens (including phenoxy) is 6. The molecule has 0 aromatic rings. The number of rotatable bonds is 36. The van der Waals surface area contributed by atoms with Crippen LogP contribution in [0.15, 0.2) is 60.8 Å². The number of nitrogens with one attached hydrogen (secondary N) is 1. The number of carbonyl (C=O) groups is 1. The number of amides is 1. The smallest absolute Gasteiger partial charge is 0.220 e. The molecule has 3 aliphatic heterocycles. The second kappa shape index (κ2) is 37.3. The summed E-state index contributed by atoms with van der Waals surface area (Å²) in [6, 6.07) is -0.904. The van der Waals surface area contributed by atoms with Crippen molar-refractivity contribution < 1.29 is 89.4 Å². The molecule has 19 heteroatoms. The molecular formula is C53H91NO18. The van der Waals surface area contributed by atoms with Crippen LogP contribution in [0.5, 0.6) is 0 Å². The molecule has 0 aromatic heterocycles. The van der Waals surface area contributed by atoms with E-state index in [0.717, 1.165) is 83.5 Å². The molecule has 1 amide bonds. The van der Waals surface area contributed by atoms with Gasteiger partial charge in [-0.05, 0) is 57.8 Å². The zero-order valence-electron chi connectivity index (χ0n) is 42.6. The van der Waals surface area contributed by atoms with E-state index >= 15 is 0 Å². The fourth-order valence-electron chi connectivity index (χ4n) is 8.69. The molecule has 0 aliphatic carbocycles. The van der Waals surface area contributed by atoms with Crippen LogP contribution in [0.4, 0.5) is 0 Å². The monoisotopic (exact) mass is 1030 g/mol. The lowest BCUT2D eigenvalue weighted by Gasteiger charge is -2.48. The van der Waals surface area contributed by atoms with Crippen LogP contribution >= 0.6 is 0 Å². The largest absolute Gasteiger partial charge is 0.394 e. The third-order valence-electron chi connectivity index (χ3n) is 13.1. The molecule has 0 aromatic carbocycles. The Morgan fingerprint density at radius 1 is 0.514 bits per heavy atom. The van der Waals surface area contributed by atoms with Gasteiger partial charge in [0.05, 0.1) is 38.6 Å². The first-order chi connectivity index (χ1) is 34.8. The van der Waals surface area contributed by atoms with Crippen LogP contribution in [0.3, 0.4) is 0 Å². The van der Waals surface area contributed by atoms with E-state index < -0.39 is 124 Å². The van der Waals surface area contributed by atoms with Gasteiger partial charge in [0.15, 0.2) is 18.9 Å². The van der Waals surface area contributed by atoms with Gasteiger partial charge in [-0.2, -0.15) is 0 Å². The summed E-state index contributed by atoms with van der Waals surface area (Å²) in [5.41, 5.74) is 0. The number of aliphatic hydroxyl groups is 11. The molecule has 3 rings (SSSR count). The lowest BCUT2D eigenvalue weighted by atomic mass is 9.96. The van der Waals surface area contributed by atoms with Crippen molar-refractivity contribution in [2.24, 2.45) is 0 Å². The number of hydrogen-bond acceptors (Lipinski definition) is 18. The van der Waals surface area contributed by atoms with Crippen LogP contribution in [-0.4, -0.2) is 193 Å². The molecule has 3 fully saturated rings. The van der Waals surface area contributed by atoms with E-state index in [1.807, 2.05) is 0 Å². The first kappa shape index (κ1) is 63.8. The number of hydrogen-bond donors (Lipinski definition) is 12. The summed E-state index contributed by atoms with van der Waals surface area (Å²) >= 11 is 0. The first-order valence-corrected chi connectivity index (χ1v) is 26.5. The van der Waals surface area contributed by atoms with Crippen LogP contribution in [0.2, 0.25) is 0 Å². The highest BCUT2D eigenvalue weighted by Crippen LogP contribution is 2.33.